The Hall–Kier alpha value is -2.52. The van der Waals surface area contributed by atoms with Gasteiger partial charge in [-0.15, -0.1) is 10.2 Å². The molecule has 0 radical (unpaired) electrons. The molecule has 1 aliphatic rings. The summed E-state index contributed by atoms with van der Waals surface area (Å²) in [5.41, 5.74) is 0.615. The standard InChI is InChI=1S/C19H25N5O3S/c1-27-15-8-6-14(7-9-15)21-17(26)19-23-22-18(28-19)16(25)20-10-5-13-24-11-3-2-4-12-24/h6-9H,2-5,10-13H2,1H3,(H,20,25)(H,21,26). The Labute approximate surface area is 168 Å². The first-order chi connectivity index (χ1) is 13.7. The summed E-state index contributed by atoms with van der Waals surface area (Å²) in [6.07, 6.45) is 4.74. The van der Waals surface area contributed by atoms with Crippen LogP contribution in [-0.2, 0) is 0 Å². The first-order valence-corrected chi connectivity index (χ1v) is 10.3. The molecule has 1 saturated heterocycles. The van der Waals surface area contributed by atoms with Crippen molar-refractivity contribution in [2.24, 2.45) is 0 Å². The van der Waals surface area contributed by atoms with Gasteiger partial charge in [0.1, 0.15) is 5.75 Å². The van der Waals surface area contributed by atoms with Crippen LogP contribution >= 0.6 is 11.3 Å². The van der Waals surface area contributed by atoms with E-state index in [2.05, 4.69) is 25.7 Å². The quantitative estimate of drug-likeness (QED) is 0.657. The molecule has 2 heterocycles. The van der Waals surface area contributed by atoms with E-state index in [1.807, 2.05) is 0 Å². The smallest absolute Gasteiger partial charge is 0.286 e. The van der Waals surface area contributed by atoms with Crippen LogP contribution in [0.3, 0.4) is 0 Å². The second-order valence-electron chi connectivity index (χ2n) is 6.61. The molecule has 0 bridgehead atoms. The molecule has 3 rings (SSSR count). The monoisotopic (exact) mass is 403 g/mol. The Bertz CT molecular complexity index is 787. The number of rotatable bonds is 8. The van der Waals surface area contributed by atoms with Gasteiger partial charge in [-0.05, 0) is 63.2 Å². The number of piperidine rings is 1. The van der Waals surface area contributed by atoms with Crippen molar-refractivity contribution < 1.29 is 14.3 Å². The second kappa shape index (κ2) is 10.1. The number of carbonyl (C=O) groups excluding carboxylic acids is 2. The van der Waals surface area contributed by atoms with Crippen LogP contribution < -0.4 is 15.4 Å². The van der Waals surface area contributed by atoms with Gasteiger partial charge >= 0.3 is 0 Å². The average molecular weight is 404 g/mol. The van der Waals surface area contributed by atoms with Crippen LogP contribution in [0.4, 0.5) is 5.69 Å². The number of ether oxygens (including phenoxy) is 1. The van der Waals surface area contributed by atoms with Crippen molar-refractivity contribution in [1.82, 2.24) is 20.4 Å². The average Bonchev–Trinajstić information content (AvgIpc) is 3.23. The largest absolute Gasteiger partial charge is 0.497 e. The Morgan fingerprint density at radius 1 is 1.07 bits per heavy atom. The number of hydrogen-bond acceptors (Lipinski definition) is 7. The number of methoxy groups -OCH3 is 1. The lowest BCUT2D eigenvalue weighted by Gasteiger charge is -2.26. The fourth-order valence-corrected chi connectivity index (χ4v) is 3.68. The van der Waals surface area contributed by atoms with Crippen molar-refractivity contribution in [2.75, 3.05) is 38.6 Å². The van der Waals surface area contributed by atoms with Crippen LogP contribution in [0.5, 0.6) is 5.75 Å². The van der Waals surface area contributed by atoms with Crippen molar-refractivity contribution in [3.63, 3.8) is 0 Å². The molecule has 2 amide bonds. The Kier molecular flexibility index (Phi) is 7.32. The number of nitrogens with zero attached hydrogens (tertiary/aromatic N) is 3. The van der Waals surface area contributed by atoms with Crippen LogP contribution in [0.15, 0.2) is 24.3 Å². The summed E-state index contributed by atoms with van der Waals surface area (Å²) >= 11 is 0.981. The van der Waals surface area contributed by atoms with Crippen molar-refractivity contribution >= 4 is 28.8 Å². The molecular weight excluding hydrogens is 378 g/mol. The molecule has 1 fully saturated rings. The van der Waals surface area contributed by atoms with Crippen LogP contribution in [0.2, 0.25) is 0 Å². The van der Waals surface area contributed by atoms with E-state index in [-0.39, 0.29) is 15.9 Å². The number of benzene rings is 1. The van der Waals surface area contributed by atoms with Crippen molar-refractivity contribution in [2.45, 2.75) is 25.7 Å². The molecule has 9 heteroatoms. The van der Waals surface area contributed by atoms with Gasteiger partial charge in [-0.2, -0.15) is 0 Å². The van der Waals surface area contributed by atoms with E-state index >= 15 is 0 Å². The maximum absolute atomic E-state index is 12.3. The SMILES string of the molecule is COc1ccc(NC(=O)c2nnc(C(=O)NCCCN3CCCCC3)s2)cc1. The first kappa shape index (κ1) is 20.2. The zero-order valence-electron chi connectivity index (χ0n) is 15.9. The van der Waals surface area contributed by atoms with Gasteiger partial charge in [-0.3, -0.25) is 9.59 Å². The minimum absolute atomic E-state index is 0.147. The highest BCUT2D eigenvalue weighted by Gasteiger charge is 2.17. The van der Waals surface area contributed by atoms with E-state index in [1.54, 1.807) is 31.4 Å². The lowest BCUT2D eigenvalue weighted by Crippen LogP contribution is -2.33. The zero-order chi connectivity index (χ0) is 19.8. The highest BCUT2D eigenvalue weighted by atomic mass is 32.1. The Morgan fingerprint density at radius 2 is 1.75 bits per heavy atom. The molecule has 1 aromatic carbocycles. The molecule has 0 atom stereocenters. The van der Waals surface area contributed by atoms with Gasteiger partial charge in [0.25, 0.3) is 11.8 Å². The topological polar surface area (TPSA) is 96.5 Å². The predicted octanol–water partition coefficient (Wildman–Crippen LogP) is 2.40. The number of anilines is 1. The van der Waals surface area contributed by atoms with Crippen LogP contribution in [-0.4, -0.2) is 60.2 Å². The molecule has 150 valence electrons. The van der Waals surface area contributed by atoms with E-state index in [4.69, 9.17) is 4.74 Å². The maximum Gasteiger partial charge on any atom is 0.286 e. The van der Waals surface area contributed by atoms with Gasteiger partial charge in [-0.1, -0.05) is 17.8 Å². The second-order valence-corrected chi connectivity index (χ2v) is 7.58. The number of aromatic nitrogens is 2. The fraction of sp³-hybridized carbons (Fsp3) is 0.474. The maximum atomic E-state index is 12.3. The lowest BCUT2D eigenvalue weighted by molar-refractivity contribution is 0.0948. The molecule has 0 spiro atoms. The minimum atomic E-state index is -0.396. The van der Waals surface area contributed by atoms with E-state index in [0.717, 1.165) is 37.4 Å². The highest BCUT2D eigenvalue weighted by molar-refractivity contribution is 7.15. The van der Waals surface area contributed by atoms with Gasteiger partial charge in [0.15, 0.2) is 0 Å². The number of carbonyl (C=O) groups is 2. The van der Waals surface area contributed by atoms with E-state index in [0.29, 0.717) is 18.0 Å². The summed E-state index contributed by atoms with van der Waals surface area (Å²) in [5.74, 6) is 0.0135. The normalized spacial score (nSPS) is 14.5. The van der Waals surface area contributed by atoms with Gasteiger partial charge in [0.05, 0.1) is 7.11 Å². The van der Waals surface area contributed by atoms with Gasteiger partial charge < -0.3 is 20.3 Å². The fourth-order valence-electron chi connectivity index (χ4n) is 3.03. The number of amides is 2. The molecule has 0 unspecified atom stereocenters. The molecular formula is C19H25N5O3S. The lowest BCUT2D eigenvalue weighted by atomic mass is 10.1. The summed E-state index contributed by atoms with van der Waals surface area (Å²) in [7, 11) is 1.58. The van der Waals surface area contributed by atoms with E-state index in [1.165, 1.54) is 19.3 Å². The molecule has 0 aliphatic carbocycles. The molecule has 8 nitrogen and oxygen atoms in total. The number of hydrogen-bond donors (Lipinski definition) is 2. The molecule has 1 aromatic heterocycles. The van der Waals surface area contributed by atoms with Crippen molar-refractivity contribution in [1.29, 1.82) is 0 Å². The Balaban J connectivity index is 1.44. The summed E-state index contributed by atoms with van der Waals surface area (Å²) in [5, 5.41) is 13.6. The number of likely N-dealkylation sites (tertiary alicyclic amines) is 1. The highest BCUT2D eigenvalue weighted by Crippen LogP contribution is 2.17. The number of nitrogens with one attached hydrogen (secondary N) is 2. The molecule has 0 saturated carbocycles. The van der Waals surface area contributed by atoms with Gasteiger partial charge in [-0.25, -0.2) is 0 Å². The molecule has 2 aromatic rings. The zero-order valence-corrected chi connectivity index (χ0v) is 16.8. The minimum Gasteiger partial charge on any atom is -0.497 e. The first-order valence-electron chi connectivity index (χ1n) is 9.45. The van der Waals surface area contributed by atoms with E-state index in [9.17, 15) is 9.59 Å². The third-order valence-corrected chi connectivity index (χ3v) is 5.47. The third-order valence-electron chi connectivity index (χ3n) is 4.55. The van der Waals surface area contributed by atoms with E-state index < -0.39 is 5.91 Å². The summed E-state index contributed by atoms with van der Waals surface area (Å²) in [4.78, 5) is 26.9. The molecule has 1 aliphatic heterocycles. The molecule has 2 N–H and O–H groups in total. The van der Waals surface area contributed by atoms with Crippen LogP contribution in [0.1, 0.15) is 45.3 Å². The van der Waals surface area contributed by atoms with Crippen molar-refractivity contribution in [3.8, 4) is 5.75 Å². The molecule has 28 heavy (non-hydrogen) atoms. The summed E-state index contributed by atoms with van der Waals surface area (Å²) in [6, 6.07) is 6.96. The summed E-state index contributed by atoms with van der Waals surface area (Å²) < 4.78 is 5.08. The van der Waals surface area contributed by atoms with Crippen LogP contribution in [0, 0.1) is 0 Å². The van der Waals surface area contributed by atoms with Gasteiger partial charge in [0.2, 0.25) is 10.0 Å². The van der Waals surface area contributed by atoms with Crippen LogP contribution in [0.25, 0.3) is 0 Å². The van der Waals surface area contributed by atoms with Gasteiger partial charge in [0, 0.05) is 12.2 Å². The van der Waals surface area contributed by atoms with Crippen molar-refractivity contribution in [3.05, 3.63) is 34.3 Å². The summed E-state index contributed by atoms with van der Waals surface area (Å²) in [6.45, 7) is 3.88. The predicted molar refractivity (Wildman–Crippen MR) is 108 cm³/mol. The third kappa shape index (κ3) is 5.74. The Morgan fingerprint density at radius 3 is 2.43 bits per heavy atom.